The Bertz CT molecular complexity index is 621. The second-order valence-corrected chi connectivity index (χ2v) is 5.88. The number of carbonyl (C=O) groups is 1. The lowest BCUT2D eigenvalue weighted by Crippen LogP contribution is -2.52. The minimum Gasteiger partial charge on any atom is -0.491 e. The van der Waals surface area contributed by atoms with Crippen molar-refractivity contribution >= 4 is 11.9 Å². The van der Waals surface area contributed by atoms with Crippen LogP contribution in [0.1, 0.15) is 40.9 Å². The van der Waals surface area contributed by atoms with E-state index < -0.39 is 0 Å². The van der Waals surface area contributed by atoms with Crippen LogP contribution in [0.15, 0.2) is 18.2 Å². The van der Waals surface area contributed by atoms with Crippen LogP contribution in [0.3, 0.4) is 0 Å². The smallest absolute Gasteiger partial charge is 0.186 e. The molecule has 0 aromatic heterocycles. The fourth-order valence-corrected chi connectivity index (χ4v) is 3.56. The molecule has 1 aromatic rings. The van der Waals surface area contributed by atoms with E-state index in [0.717, 1.165) is 48.6 Å². The summed E-state index contributed by atoms with van der Waals surface area (Å²) >= 11 is 0. The van der Waals surface area contributed by atoms with Crippen LogP contribution in [-0.4, -0.2) is 43.0 Å². The maximum Gasteiger partial charge on any atom is 0.186 e. The van der Waals surface area contributed by atoms with Crippen LogP contribution in [-0.2, 0) is 4.74 Å². The average Bonchev–Trinajstić information content (AvgIpc) is 2.86. The normalized spacial score (nSPS) is 27.0. The molecule has 0 radical (unpaired) electrons. The van der Waals surface area contributed by atoms with E-state index in [-0.39, 0.29) is 17.9 Å². The summed E-state index contributed by atoms with van der Waals surface area (Å²) in [5.74, 6) is 0.948. The Morgan fingerprint density at radius 2 is 2.24 bits per heavy atom. The van der Waals surface area contributed by atoms with Crippen LogP contribution in [0.4, 0.5) is 0 Å². The van der Waals surface area contributed by atoms with Crippen molar-refractivity contribution in [3.63, 3.8) is 0 Å². The number of benzene rings is 1. The summed E-state index contributed by atoms with van der Waals surface area (Å²) in [4.78, 5) is 14.3. The van der Waals surface area contributed by atoms with E-state index in [1.165, 1.54) is 0 Å². The van der Waals surface area contributed by atoms with E-state index in [1.807, 2.05) is 18.2 Å². The highest BCUT2D eigenvalue weighted by Gasteiger charge is 2.39. The van der Waals surface area contributed by atoms with E-state index in [2.05, 4.69) is 11.8 Å². The van der Waals surface area contributed by atoms with Gasteiger partial charge < -0.3 is 9.47 Å². The van der Waals surface area contributed by atoms with E-state index in [9.17, 15) is 4.79 Å². The Hall–Kier alpha value is -1.65. The standard InChI is InChI=1S/C17H19NO3/c1-2-5-18-6-7-20-17-13-9-12-11(3-4-15(12)19)8-16(13)21-10-14(17)18/h3-4,8-9,14,17H,2,5-7,10H2,1H3/t14-,17-/m1/s1. The number of allylic oxidation sites excluding steroid dienone is 1. The summed E-state index contributed by atoms with van der Waals surface area (Å²) in [6.07, 6.45) is 4.63. The molecule has 1 fully saturated rings. The van der Waals surface area contributed by atoms with Crippen LogP contribution in [0, 0.1) is 0 Å². The fraction of sp³-hybridized carbons (Fsp3) is 0.471. The number of nitrogens with zero attached hydrogens (tertiary/aromatic N) is 1. The van der Waals surface area contributed by atoms with Crippen molar-refractivity contribution in [2.24, 2.45) is 0 Å². The van der Waals surface area contributed by atoms with Crippen LogP contribution in [0.25, 0.3) is 6.08 Å². The van der Waals surface area contributed by atoms with Gasteiger partial charge in [0, 0.05) is 17.7 Å². The Labute approximate surface area is 124 Å². The van der Waals surface area contributed by atoms with Gasteiger partial charge in [-0.2, -0.15) is 0 Å². The summed E-state index contributed by atoms with van der Waals surface area (Å²) in [5, 5.41) is 0. The molecule has 0 spiro atoms. The molecule has 21 heavy (non-hydrogen) atoms. The number of carbonyl (C=O) groups excluding carboxylic acids is 1. The first-order chi connectivity index (χ1) is 10.3. The van der Waals surface area contributed by atoms with Gasteiger partial charge in [-0.05, 0) is 36.7 Å². The Balaban J connectivity index is 1.72. The summed E-state index contributed by atoms with van der Waals surface area (Å²) in [6.45, 7) is 5.62. The van der Waals surface area contributed by atoms with Crippen molar-refractivity contribution in [2.75, 3.05) is 26.3 Å². The second kappa shape index (κ2) is 4.97. The SMILES string of the molecule is CCCN1CCO[C@@H]2c3cc4c(cc3OC[C@H]21)C=CC4=O. The zero-order valence-electron chi connectivity index (χ0n) is 12.2. The quantitative estimate of drug-likeness (QED) is 0.836. The van der Waals surface area contributed by atoms with Gasteiger partial charge in [-0.15, -0.1) is 0 Å². The van der Waals surface area contributed by atoms with Gasteiger partial charge in [0.2, 0.25) is 0 Å². The molecule has 3 aliphatic rings. The van der Waals surface area contributed by atoms with Crippen LogP contribution >= 0.6 is 0 Å². The highest BCUT2D eigenvalue weighted by atomic mass is 16.5. The molecule has 4 rings (SSSR count). The van der Waals surface area contributed by atoms with Gasteiger partial charge in [-0.25, -0.2) is 0 Å². The van der Waals surface area contributed by atoms with Gasteiger partial charge >= 0.3 is 0 Å². The molecule has 0 bridgehead atoms. The number of hydrogen-bond acceptors (Lipinski definition) is 4. The van der Waals surface area contributed by atoms with Crippen molar-refractivity contribution in [3.8, 4) is 5.75 Å². The van der Waals surface area contributed by atoms with E-state index in [0.29, 0.717) is 6.61 Å². The zero-order chi connectivity index (χ0) is 14.4. The summed E-state index contributed by atoms with van der Waals surface area (Å²) in [5.41, 5.74) is 2.76. The van der Waals surface area contributed by atoms with E-state index in [4.69, 9.17) is 9.47 Å². The molecule has 1 aromatic carbocycles. The molecular weight excluding hydrogens is 266 g/mol. The molecule has 2 atom stereocenters. The first-order valence-corrected chi connectivity index (χ1v) is 7.66. The zero-order valence-corrected chi connectivity index (χ0v) is 12.2. The fourth-order valence-electron chi connectivity index (χ4n) is 3.56. The minimum absolute atomic E-state index is 0.0211. The second-order valence-electron chi connectivity index (χ2n) is 5.88. The van der Waals surface area contributed by atoms with Crippen molar-refractivity contribution in [2.45, 2.75) is 25.5 Å². The number of hydrogen-bond donors (Lipinski definition) is 0. The molecular formula is C17H19NO3. The molecule has 0 unspecified atom stereocenters. The average molecular weight is 285 g/mol. The monoisotopic (exact) mass is 285 g/mol. The Kier molecular flexibility index (Phi) is 3.08. The van der Waals surface area contributed by atoms with Gasteiger partial charge in [0.15, 0.2) is 5.78 Å². The highest BCUT2D eigenvalue weighted by molar-refractivity contribution is 6.14. The highest BCUT2D eigenvalue weighted by Crippen LogP contribution is 2.41. The summed E-state index contributed by atoms with van der Waals surface area (Å²) in [6, 6.07) is 4.21. The van der Waals surface area contributed by atoms with Gasteiger partial charge in [-0.1, -0.05) is 13.0 Å². The topological polar surface area (TPSA) is 38.8 Å². The third-order valence-corrected chi connectivity index (χ3v) is 4.58. The molecule has 1 aliphatic carbocycles. The summed E-state index contributed by atoms with van der Waals surface area (Å²) < 4.78 is 12.0. The van der Waals surface area contributed by atoms with Crippen LogP contribution in [0.5, 0.6) is 5.75 Å². The summed E-state index contributed by atoms with van der Waals surface area (Å²) in [7, 11) is 0. The molecule has 4 nitrogen and oxygen atoms in total. The third-order valence-electron chi connectivity index (χ3n) is 4.58. The maximum atomic E-state index is 11.9. The molecule has 2 heterocycles. The van der Waals surface area contributed by atoms with Crippen LogP contribution in [0.2, 0.25) is 0 Å². The Morgan fingerprint density at radius 1 is 1.33 bits per heavy atom. The van der Waals surface area contributed by atoms with Gasteiger partial charge in [-0.3, -0.25) is 9.69 Å². The van der Waals surface area contributed by atoms with Crippen molar-refractivity contribution in [1.29, 1.82) is 0 Å². The van der Waals surface area contributed by atoms with Gasteiger partial charge in [0.1, 0.15) is 18.5 Å². The number of ether oxygens (including phenoxy) is 2. The molecule has 0 saturated carbocycles. The van der Waals surface area contributed by atoms with Crippen molar-refractivity contribution < 1.29 is 14.3 Å². The number of ketones is 1. The molecule has 0 N–H and O–H groups in total. The molecule has 2 aliphatic heterocycles. The van der Waals surface area contributed by atoms with Gasteiger partial charge in [0.05, 0.1) is 12.6 Å². The lowest BCUT2D eigenvalue weighted by Gasteiger charge is -2.44. The minimum atomic E-state index is 0.0211. The number of morpholine rings is 1. The molecule has 0 amide bonds. The Morgan fingerprint density at radius 3 is 3.10 bits per heavy atom. The molecule has 110 valence electrons. The lowest BCUT2D eigenvalue weighted by atomic mass is 9.93. The first kappa shape index (κ1) is 13.0. The molecule has 1 saturated heterocycles. The van der Waals surface area contributed by atoms with Crippen molar-refractivity contribution in [3.05, 3.63) is 34.9 Å². The predicted molar refractivity (Wildman–Crippen MR) is 79.6 cm³/mol. The maximum absolute atomic E-state index is 11.9. The number of rotatable bonds is 2. The number of fused-ring (bicyclic) bond motifs is 4. The van der Waals surface area contributed by atoms with E-state index >= 15 is 0 Å². The van der Waals surface area contributed by atoms with Crippen molar-refractivity contribution in [1.82, 2.24) is 4.90 Å². The van der Waals surface area contributed by atoms with Gasteiger partial charge in [0.25, 0.3) is 0 Å². The first-order valence-electron chi connectivity index (χ1n) is 7.66. The third kappa shape index (κ3) is 2.01. The molecule has 4 heteroatoms. The largest absolute Gasteiger partial charge is 0.491 e. The predicted octanol–water partition coefficient (Wildman–Crippen LogP) is 2.44. The lowest BCUT2D eigenvalue weighted by molar-refractivity contribution is -0.0956. The van der Waals surface area contributed by atoms with Crippen LogP contribution < -0.4 is 4.74 Å². The van der Waals surface area contributed by atoms with E-state index in [1.54, 1.807) is 6.08 Å².